The quantitative estimate of drug-likeness (QED) is 0.892. The summed E-state index contributed by atoms with van der Waals surface area (Å²) < 4.78 is 23.5. The summed E-state index contributed by atoms with van der Waals surface area (Å²) in [4.78, 5) is 11.7. The molecule has 1 unspecified atom stereocenters. The van der Waals surface area contributed by atoms with Gasteiger partial charge >= 0.3 is 0 Å². The van der Waals surface area contributed by atoms with E-state index in [0.29, 0.717) is 0 Å². The fourth-order valence-electron chi connectivity index (χ4n) is 1.53. The van der Waals surface area contributed by atoms with Crippen molar-refractivity contribution < 1.29 is 19.0 Å². The zero-order valence-electron chi connectivity index (χ0n) is 10.4. The average Bonchev–Trinajstić information content (AvgIpc) is 2.46. The van der Waals surface area contributed by atoms with Gasteiger partial charge in [-0.2, -0.15) is 4.98 Å². The number of nitrogens with zero attached hydrogens (tertiary/aromatic N) is 3. The highest BCUT2D eigenvalue weighted by Gasteiger charge is 2.23. The van der Waals surface area contributed by atoms with Gasteiger partial charge in [0.1, 0.15) is 23.3 Å². The van der Waals surface area contributed by atoms with Crippen molar-refractivity contribution in [2.45, 2.75) is 6.10 Å². The van der Waals surface area contributed by atoms with Gasteiger partial charge in [-0.25, -0.2) is 9.37 Å². The minimum Gasteiger partial charge on any atom is -0.480 e. The van der Waals surface area contributed by atoms with Crippen molar-refractivity contribution in [3.63, 3.8) is 0 Å². The van der Waals surface area contributed by atoms with E-state index in [2.05, 4.69) is 15.0 Å². The molecular weight excluding hydrogens is 253 g/mol. The van der Waals surface area contributed by atoms with Gasteiger partial charge in [-0.1, -0.05) is 0 Å². The van der Waals surface area contributed by atoms with Crippen LogP contribution < -0.4 is 9.47 Å². The molecule has 0 aliphatic carbocycles. The number of pyridine rings is 1. The Labute approximate surface area is 108 Å². The Morgan fingerprint density at radius 3 is 2.63 bits per heavy atom. The molecule has 0 saturated heterocycles. The highest BCUT2D eigenvalue weighted by molar-refractivity contribution is 5.30. The van der Waals surface area contributed by atoms with Gasteiger partial charge in [-0.05, 0) is 12.1 Å². The third-order valence-electron chi connectivity index (χ3n) is 2.45. The first-order valence-corrected chi connectivity index (χ1v) is 5.40. The van der Waals surface area contributed by atoms with Crippen molar-refractivity contribution in [3.05, 3.63) is 41.7 Å². The van der Waals surface area contributed by atoms with Crippen LogP contribution in [0.2, 0.25) is 0 Å². The largest absolute Gasteiger partial charge is 0.480 e. The molecule has 6 nitrogen and oxygen atoms in total. The molecule has 0 aliphatic rings. The van der Waals surface area contributed by atoms with E-state index in [1.54, 1.807) is 0 Å². The normalized spacial score (nSPS) is 12.0. The summed E-state index contributed by atoms with van der Waals surface area (Å²) in [5.74, 6) is -0.346. The van der Waals surface area contributed by atoms with Crippen molar-refractivity contribution in [3.8, 4) is 11.8 Å². The van der Waals surface area contributed by atoms with Crippen molar-refractivity contribution in [1.82, 2.24) is 15.0 Å². The van der Waals surface area contributed by atoms with Crippen LogP contribution in [0.25, 0.3) is 0 Å². The molecule has 0 aliphatic heterocycles. The molecule has 0 saturated carbocycles. The molecule has 0 spiro atoms. The van der Waals surface area contributed by atoms with Crippen LogP contribution in [0.1, 0.15) is 17.5 Å². The van der Waals surface area contributed by atoms with Crippen LogP contribution in [0.15, 0.2) is 24.5 Å². The molecule has 0 radical (unpaired) electrons. The lowest BCUT2D eigenvalue weighted by Crippen LogP contribution is -2.10. The van der Waals surface area contributed by atoms with Crippen LogP contribution in [-0.2, 0) is 0 Å². The van der Waals surface area contributed by atoms with E-state index in [1.165, 1.54) is 38.7 Å². The SMILES string of the molecule is COc1cnc(C(O)c2ncccc2F)c(OC)n1. The van der Waals surface area contributed by atoms with Crippen LogP contribution >= 0.6 is 0 Å². The molecule has 2 heterocycles. The minimum atomic E-state index is -1.37. The van der Waals surface area contributed by atoms with E-state index < -0.39 is 11.9 Å². The molecule has 100 valence electrons. The zero-order valence-corrected chi connectivity index (χ0v) is 10.4. The molecule has 7 heteroatoms. The number of aromatic nitrogens is 3. The third-order valence-corrected chi connectivity index (χ3v) is 2.45. The van der Waals surface area contributed by atoms with Crippen molar-refractivity contribution in [2.24, 2.45) is 0 Å². The molecular formula is C12H12FN3O3. The molecule has 1 atom stereocenters. The van der Waals surface area contributed by atoms with Gasteiger partial charge in [0.2, 0.25) is 11.8 Å². The maximum absolute atomic E-state index is 13.6. The number of halogens is 1. The smallest absolute Gasteiger partial charge is 0.241 e. The lowest BCUT2D eigenvalue weighted by Gasteiger charge is -2.13. The van der Waals surface area contributed by atoms with E-state index in [1.807, 2.05) is 0 Å². The zero-order chi connectivity index (χ0) is 13.8. The number of hydrogen-bond acceptors (Lipinski definition) is 6. The Morgan fingerprint density at radius 2 is 2.00 bits per heavy atom. The second-order valence-corrected chi connectivity index (χ2v) is 3.58. The number of rotatable bonds is 4. The first kappa shape index (κ1) is 13.2. The summed E-state index contributed by atoms with van der Waals surface area (Å²) in [6, 6.07) is 2.64. The molecule has 0 aromatic carbocycles. The van der Waals surface area contributed by atoms with Crippen LogP contribution in [0.4, 0.5) is 4.39 Å². The summed E-state index contributed by atoms with van der Waals surface area (Å²) >= 11 is 0. The molecule has 0 fully saturated rings. The van der Waals surface area contributed by atoms with E-state index in [9.17, 15) is 9.50 Å². The third kappa shape index (κ3) is 2.60. The lowest BCUT2D eigenvalue weighted by molar-refractivity contribution is 0.196. The summed E-state index contributed by atoms with van der Waals surface area (Å²) in [6.45, 7) is 0. The van der Waals surface area contributed by atoms with Crippen molar-refractivity contribution in [1.29, 1.82) is 0 Å². The molecule has 2 rings (SSSR count). The first-order valence-electron chi connectivity index (χ1n) is 5.40. The highest BCUT2D eigenvalue weighted by Crippen LogP contribution is 2.28. The van der Waals surface area contributed by atoms with Crippen LogP contribution in [-0.4, -0.2) is 34.3 Å². The Bertz CT molecular complexity index is 580. The number of aliphatic hydroxyl groups is 1. The molecule has 0 bridgehead atoms. The number of hydrogen-bond donors (Lipinski definition) is 1. The van der Waals surface area contributed by atoms with Crippen LogP contribution in [0.3, 0.4) is 0 Å². The molecule has 2 aromatic rings. The van der Waals surface area contributed by atoms with Crippen LogP contribution in [0.5, 0.6) is 11.8 Å². The maximum atomic E-state index is 13.6. The predicted molar refractivity (Wildman–Crippen MR) is 63.4 cm³/mol. The molecule has 0 amide bonds. The average molecular weight is 265 g/mol. The summed E-state index contributed by atoms with van der Waals surface area (Å²) in [7, 11) is 2.80. The number of methoxy groups -OCH3 is 2. The summed E-state index contributed by atoms with van der Waals surface area (Å²) in [6.07, 6.45) is 1.32. The van der Waals surface area contributed by atoms with Crippen molar-refractivity contribution >= 4 is 0 Å². The van der Waals surface area contributed by atoms with Crippen LogP contribution in [0, 0.1) is 5.82 Å². The summed E-state index contributed by atoms with van der Waals surface area (Å²) in [5.41, 5.74) is -0.0684. The fourth-order valence-corrected chi connectivity index (χ4v) is 1.53. The van der Waals surface area contributed by atoms with E-state index in [0.717, 1.165) is 0 Å². The molecule has 19 heavy (non-hydrogen) atoms. The Hall–Kier alpha value is -2.28. The fraction of sp³-hybridized carbons (Fsp3) is 0.250. The second-order valence-electron chi connectivity index (χ2n) is 3.58. The topological polar surface area (TPSA) is 77.4 Å². The van der Waals surface area contributed by atoms with Gasteiger partial charge in [-0.3, -0.25) is 4.98 Å². The van der Waals surface area contributed by atoms with Gasteiger partial charge in [0.05, 0.1) is 20.4 Å². The highest BCUT2D eigenvalue weighted by atomic mass is 19.1. The predicted octanol–water partition coefficient (Wildman–Crippen LogP) is 1.11. The minimum absolute atomic E-state index is 0.0527. The standard InChI is InChI=1S/C12H12FN3O3/c1-18-8-6-15-10(12(16-8)19-2)11(17)9-7(13)4-3-5-14-9/h3-6,11,17H,1-2H3. The summed E-state index contributed by atoms with van der Waals surface area (Å²) in [5, 5.41) is 10.1. The van der Waals surface area contributed by atoms with Gasteiger partial charge in [0.25, 0.3) is 0 Å². The Balaban J connectivity index is 2.44. The Kier molecular flexibility index (Phi) is 3.86. The Morgan fingerprint density at radius 1 is 1.21 bits per heavy atom. The maximum Gasteiger partial charge on any atom is 0.241 e. The van der Waals surface area contributed by atoms with Gasteiger partial charge in [0.15, 0.2) is 0 Å². The first-order chi connectivity index (χ1) is 9.17. The molecule has 2 aromatic heterocycles. The second kappa shape index (κ2) is 5.57. The van der Waals surface area contributed by atoms with Gasteiger partial charge < -0.3 is 14.6 Å². The lowest BCUT2D eigenvalue weighted by atomic mass is 10.1. The van der Waals surface area contributed by atoms with E-state index in [4.69, 9.17) is 9.47 Å². The van der Waals surface area contributed by atoms with E-state index >= 15 is 0 Å². The van der Waals surface area contributed by atoms with Gasteiger partial charge in [-0.15, -0.1) is 0 Å². The monoisotopic (exact) mass is 265 g/mol. The molecule has 1 N–H and O–H groups in total. The van der Waals surface area contributed by atoms with E-state index in [-0.39, 0.29) is 23.1 Å². The number of aliphatic hydroxyl groups excluding tert-OH is 1. The van der Waals surface area contributed by atoms with Crippen molar-refractivity contribution in [2.75, 3.05) is 14.2 Å². The van der Waals surface area contributed by atoms with Gasteiger partial charge in [0, 0.05) is 6.20 Å². The number of ether oxygens (including phenoxy) is 2.